The van der Waals surface area contributed by atoms with E-state index in [0.717, 1.165) is 12.8 Å². The predicted octanol–water partition coefficient (Wildman–Crippen LogP) is 2.18. The molecule has 0 heterocycles. The van der Waals surface area contributed by atoms with Crippen molar-refractivity contribution in [2.75, 3.05) is 0 Å². The van der Waals surface area contributed by atoms with Gasteiger partial charge in [0.1, 0.15) is 0 Å². The van der Waals surface area contributed by atoms with Crippen molar-refractivity contribution in [2.24, 2.45) is 0 Å². The van der Waals surface area contributed by atoms with Crippen LogP contribution in [0, 0.1) is 9.97 Å². The van der Waals surface area contributed by atoms with Crippen LogP contribution in [0.2, 0.25) is 0 Å². The van der Waals surface area contributed by atoms with Gasteiger partial charge in [-0.15, -0.1) is 22.9 Å². The average molecular weight is 208 g/mol. The quantitative estimate of drug-likeness (QED) is 0.457. The van der Waals surface area contributed by atoms with Crippen LogP contribution in [0.3, 0.4) is 0 Å². The minimum absolute atomic E-state index is 0. The Morgan fingerprint density at radius 2 is 2.25 bits per heavy atom. The topological polar surface area (TPSA) is 0 Å². The van der Waals surface area contributed by atoms with Crippen molar-refractivity contribution in [1.29, 1.82) is 0 Å². The largest absolute Gasteiger partial charge is 0.598 e. The Hall–Kier alpha value is 1.10. The molecular weight excluding hydrogens is 200 g/mol. The van der Waals surface area contributed by atoms with Gasteiger partial charge in [0.25, 0.3) is 0 Å². The van der Waals surface area contributed by atoms with Crippen molar-refractivity contribution >= 4 is 45.3 Å². The van der Waals surface area contributed by atoms with E-state index in [-0.39, 0.29) is 17.0 Å². The van der Waals surface area contributed by atoms with E-state index in [1.54, 1.807) is 0 Å². The first-order valence-corrected chi connectivity index (χ1v) is 5.28. The third kappa shape index (κ3) is 10.2. The molecule has 0 aromatic heterocycles. The molecule has 0 N–H and O–H groups in total. The number of halogens is 2. The minimum atomic E-state index is -0.495. The summed E-state index contributed by atoms with van der Waals surface area (Å²) in [6.07, 6.45) is 2.16. The van der Waals surface area contributed by atoms with E-state index in [0.29, 0.717) is 0 Å². The van der Waals surface area contributed by atoms with Gasteiger partial charge in [0.2, 0.25) is 0 Å². The zero-order valence-electron chi connectivity index (χ0n) is 4.91. The average Bonchev–Trinajstić information content (AvgIpc) is 1.69. The van der Waals surface area contributed by atoms with Crippen molar-refractivity contribution in [3.63, 3.8) is 0 Å². The standard InChI is InChI=1S/C5H7.BrH.ClH.Mg/c1-3-5-4-2;;;/h3,5H2,1H3;2*1H;/q;;;+1/p-1. The van der Waals surface area contributed by atoms with E-state index in [1.807, 2.05) is 0 Å². The second-order valence-electron chi connectivity index (χ2n) is 1.24. The molecule has 0 nitrogen and oxygen atoms in total. The van der Waals surface area contributed by atoms with Crippen molar-refractivity contribution in [1.82, 2.24) is 0 Å². The summed E-state index contributed by atoms with van der Waals surface area (Å²) in [7, 11) is 5.40. The molecular formula is C5H8BrClMg. The molecule has 0 radical (unpaired) electrons. The molecule has 0 aliphatic rings. The fourth-order valence-corrected chi connectivity index (χ4v) is 0.815. The van der Waals surface area contributed by atoms with Crippen LogP contribution in [0.25, 0.3) is 0 Å². The highest BCUT2D eigenvalue weighted by atomic mass is 79.9. The zero-order chi connectivity index (χ0) is 5.54. The highest BCUT2D eigenvalue weighted by Gasteiger charge is 1.74. The number of rotatable bonds is 1. The molecule has 0 amide bonds. The van der Waals surface area contributed by atoms with Gasteiger partial charge < -0.3 is 9.07 Å². The van der Waals surface area contributed by atoms with Crippen molar-refractivity contribution in [3.05, 3.63) is 0 Å². The third-order valence-electron chi connectivity index (χ3n) is 0.567. The van der Waals surface area contributed by atoms with Gasteiger partial charge >= 0.3 is 19.3 Å². The molecule has 0 saturated carbocycles. The van der Waals surface area contributed by atoms with Crippen LogP contribution in [0.15, 0.2) is 0 Å². The van der Waals surface area contributed by atoms with Crippen LogP contribution >= 0.6 is 26.1 Å². The van der Waals surface area contributed by atoms with Crippen molar-refractivity contribution in [2.45, 2.75) is 19.8 Å². The Balaban J connectivity index is 0. The number of hydrogen-bond acceptors (Lipinski definition) is 0. The van der Waals surface area contributed by atoms with Gasteiger partial charge in [0.15, 0.2) is 0 Å². The van der Waals surface area contributed by atoms with E-state index in [2.05, 4.69) is 16.9 Å². The predicted molar refractivity (Wildman–Crippen MR) is 44.6 cm³/mol. The lowest BCUT2D eigenvalue weighted by atomic mass is 10.4. The molecule has 0 aromatic rings. The maximum Gasteiger partial charge on any atom is 0.598 e. The number of hydrogen-bond donors (Lipinski definition) is 0. The summed E-state index contributed by atoms with van der Waals surface area (Å²) < 4.78 is 2.90. The van der Waals surface area contributed by atoms with Crippen molar-refractivity contribution in [3.8, 4) is 9.97 Å². The molecule has 0 aliphatic carbocycles. The Kier molecular flexibility index (Phi) is 16.2. The third-order valence-corrected chi connectivity index (χ3v) is 1.35. The number of unbranched alkanes of at least 4 members (excludes halogenated alkanes) is 1. The molecule has 0 aromatic carbocycles. The van der Waals surface area contributed by atoms with Crippen LogP contribution in [-0.2, 0) is 0 Å². The Morgan fingerprint density at radius 1 is 1.62 bits per heavy atom. The summed E-state index contributed by atoms with van der Waals surface area (Å²) in [5.74, 6) is 2.96. The molecule has 0 unspecified atom stereocenters. The molecule has 0 saturated heterocycles. The second kappa shape index (κ2) is 11.0. The molecule has 0 bridgehead atoms. The fraction of sp³-hybridized carbons (Fsp3) is 0.600. The van der Waals surface area contributed by atoms with Crippen molar-refractivity contribution < 1.29 is 0 Å². The first-order valence-electron chi connectivity index (χ1n) is 2.43. The fourth-order valence-electron chi connectivity index (χ4n) is 0.261. The van der Waals surface area contributed by atoms with Gasteiger partial charge in [-0.05, 0) is 6.42 Å². The molecule has 44 valence electrons. The Morgan fingerprint density at radius 3 is 2.62 bits per heavy atom. The molecule has 0 fully saturated rings. The maximum atomic E-state index is 5.40. The van der Waals surface area contributed by atoms with Crippen LogP contribution in [-0.4, -0.2) is 19.3 Å². The highest BCUT2D eigenvalue weighted by molar-refractivity contribution is 8.93. The second-order valence-corrected chi connectivity index (χ2v) is 2.66. The summed E-state index contributed by atoms with van der Waals surface area (Å²) in [6.45, 7) is 2.12. The molecule has 8 heavy (non-hydrogen) atoms. The van der Waals surface area contributed by atoms with Gasteiger partial charge in [0, 0.05) is 6.42 Å². The van der Waals surface area contributed by atoms with Crippen LogP contribution in [0.1, 0.15) is 19.8 Å². The molecule has 0 rings (SSSR count). The highest BCUT2D eigenvalue weighted by Crippen LogP contribution is 1.79. The Bertz CT molecular complexity index is 84.2. The summed E-state index contributed by atoms with van der Waals surface area (Å²) in [6, 6.07) is 0. The van der Waals surface area contributed by atoms with Gasteiger partial charge in [-0.25, -0.2) is 4.05 Å². The SMILES string of the molecule is Br.CCCC#[C][Mg][Cl]. The van der Waals surface area contributed by atoms with Crippen LogP contribution < -0.4 is 0 Å². The monoisotopic (exact) mass is 206 g/mol. The van der Waals surface area contributed by atoms with Gasteiger partial charge in [-0.3, -0.25) is 0 Å². The van der Waals surface area contributed by atoms with Gasteiger partial charge in [0.05, 0.1) is 0 Å². The molecule has 3 heteroatoms. The summed E-state index contributed by atoms with van der Waals surface area (Å²) in [4.78, 5) is 0. The zero-order valence-corrected chi connectivity index (χ0v) is 8.79. The normalized spacial score (nSPS) is 5.25. The minimum Gasteiger partial charge on any atom is -0.316 e. The smallest absolute Gasteiger partial charge is 0.316 e. The van der Waals surface area contributed by atoms with Crippen LogP contribution in [0.4, 0.5) is 0 Å². The molecule has 0 atom stereocenters. The lowest BCUT2D eigenvalue weighted by molar-refractivity contribution is 0.984. The Labute approximate surface area is 74.6 Å². The van der Waals surface area contributed by atoms with E-state index < -0.39 is 19.3 Å². The lowest BCUT2D eigenvalue weighted by Gasteiger charge is -1.73. The first kappa shape index (κ1) is 11.8. The van der Waals surface area contributed by atoms with Gasteiger partial charge in [-0.2, -0.15) is 0 Å². The van der Waals surface area contributed by atoms with E-state index in [9.17, 15) is 0 Å². The first-order chi connectivity index (χ1) is 3.41. The van der Waals surface area contributed by atoms with Gasteiger partial charge in [-0.1, -0.05) is 6.92 Å². The summed E-state index contributed by atoms with van der Waals surface area (Å²) in [5, 5.41) is 0. The van der Waals surface area contributed by atoms with Crippen LogP contribution in [0.5, 0.6) is 0 Å². The summed E-state index contributed by atoms with van der Waals surface area (Å²) in [5.41, 5.74) is 0. The molecule has 0 aliphatic heterocycles. The van der Waals surface area contributed by atoms with E-state index in [4.69, 9.17) is 9.07 Å². The summed E-state index contributed by atoms with van der Waals surface area (Å²) >= 11 is -0.495. The molecule has 0 spiro atoms. The lowest BCUT2D eigenvalue weighted by Crippen LogP contribution is -1.66. The van der Waals surface area contributed by atoms with E-state index in [1.165, 1.54) is 0 Å². The maximum absolute atomic E-state index is 5.40. The van der Waals surface area contributed by atoms with E-state index >= 15 is 0 Å².